The molecule has 0 saturated heterocycles. The summed E-state index contributed by atoms with van der Waals surface area (Å²) in [4.78, 5) is 38.4. The maximum Gasteiger partial charge on any atom is 0.340 e. The number of rotatable bonds is 9. The molecule has 1 atom stereocenters. The summed E-state index contributed by atoms with van der Waals surface area (Å²) < 4.78 is 10.6. The van der Waals surface area contributed by atoms with Crippen LogP contribution < -0.4 is 15.4 Å². The SMILES string of the molecule is COc1cccc(NC(=O)CSc2ccccc2C(=O)OC(C)C(=O)Nc2cc(C)ccc2C)c1. The number of hydrogen-bond donors (Lipinski definition) is 2. The summed E-state index contributed by atoms with van der Waals surface area (Å²) in [5.41, 5.74) is 3.51. The van der Waals surface area contributed by atoms with Gasteiger partial charge in [0.1, 0.15) is 5.75 Å². The summed E-state index contributed by atoms with van der Waals surface area (Å²) in [6.45, 7) is 5.35. The second-order valence-electron chi connectivity index (χ2n) is 7.92. The number of amides is 2. The van der Waals surface area contributed by atoms with Crippen molar-refractivity contribution < 1.29 is 23.9 Å². The van der Waals surface area contributed by atoms with Crippen LogP contribution in [0.1, 0.15) is 28.4 Å². The van der Waals surface area contributed by atoms with E-state index in [9.17, 15) is 14.4 Å². The van der Waals surface area contributed by atoms with Crippen molar-refractivity contribution >= 4 is 40.9 Å². The average Bonchev–Trinajstić information content (AvgIpc) is 2.85. The summed E-state index contributed by atoms with van der Waals surface area (Å²) >= 11 is 1.21. The van der Waals surface area contributed by atoms with E-state index in [-0.39, 0.29) is 17.2 Å². The van der Waals surface area contributed by atoms with Crippen LogP contribution in [-0.4, -0.2) is 36.8 Å². The Hall–Kier alpha value is -3.78. The highest BCUT2D eigenvalue weighted by molar-refractivity contribution is 8.00. The molecule has 3 rings (SSSR count). The summed E-state index contributed by atoms with van der Waals surface area (Å²) in [6, 6.07) is 19.6. The molecular weight excluding hydrogens is 464 g/mol. The van der Waals surface area contributed by atoms with Crippen LogP contribution in [0.2, 0.25) is 0 Å². The molecule has 35 heavy (non-hydrogen) atoms. The lowest BCUT2D eigenvalue weighted by molar-refractivity contribution is -0.123. The van der Waals surface area contributed by atoms with Crippen LogP contribution in [-0.2, 0) is 14.3 Å². The number of methoxy groups -OCH3 is 1. The minimum atomic E-state index is -1.00. The number of esters is 1. The molecule has 182 valence electrons. The lowest BCUT2D eigenvalue weighted by Gasteiger charge is -2.16. The van der Waals surface area contributed by atoms with Gasteiger partial charge in [0.2, 0.25) is 5.91 Å². The molecule has 0 aliphatic carbocycles. The number of hydrogen-bond acceptors (Lipinski definition) is 6. The van der Waals surface area contributed by atoms with Gasteiger partial charge < -0.3 is 20.1 Å². The second kappa shape index (κ2) is 12.1. The highest BCUT2D eigenvalue weighted by atomic mass is 32.2. The Morgan fingerprint density at radius 3 is 2.49 bits per heavy atom. The van der Waals surface area contributed by atoms with E-state index in [1.807, 2.05) is 32.0 Å². The Labute approximate surface area is 209 Å². The van der Waals surface area contributed by atoms with Gasteiger partial charge in [0, 0.05) is 22.3 Å². The van der Waals surface area contributed by atoms with Gasteiger partial charge in [0.15, 0.2) is 6.10 Å². The first-order chi connectivity index (χ1) is 16.8. The third kappa shape index (κ3) is 7.35. The van der Waals surface area contributed by atoms with Crippen molar-refractivity contribution in [3.63, 3.8) is 0 Å². The number of ether oxygens (including phenoxy) is 2. The molecular formula is C27H28N2O5S. The molecule has 0 aliphatic rings. The number of carbonyl (C=O) groups excluding carboxylic acids is 3. The Bertz CT molecular complexity index is 1230. The molecule has 1 unspecified atom stereocenters. The van der Waals surface area contributed by atoms with Gasteiger partial charge >= 0.3 is 5.97 Å². The van der Waals surface area contributed by atoms with Gasteiger partial charge in [-0.05, 0) is 62.2 Å². The Morgan fingerprint density at radius 1 is 0.943 bits per heavy atom. The van der Waals surface area contributed by atoms with Gasteiger partial charge in [0.05, 0.1) is 18.4 Å². The van der Waals surface area contributed by atoms with Crippen LogP contribution in [0.3, 0.4) is 0 Å². The van der Waals surface area contributed by atoms with Crippen LogP contribution in [0, 0.1) is 13.8 Å². The Kier molecular flexibility index (Phi) is 8.92. The van der Waals surface area contributed by atoms with Crippen molar-refractivity contribution in [3.8, 4) is 5.75 Å². The first-order valence-corrected chi connectivity index (χ1v) is 12.0. The topological polar surface area (TPSA) is 93.7 Å². The molecule has 3 aromatic carbocycles. The summed E-state index contributed by atoms with van der Waals surface area (Å²) in [5, 5.41) is 5.62. The number of aryl methyl sites for hydroxylation is 2. The zero-order valence-corrected chi connectivity index (χ0v) is 20.9. The molecule has 0 aromatic heterocycles. The van der Waals surface area contributed by atoms with E-state index >= 15 is 0 Å². The maximum absolute atomic E-state index is 12.8. The fourth-order valence-corrected chi connectivity index (χ4v) is 4.03. The average molecular weight is 493 g/mol. The molecule has 0 fully saturated rings. The van der Waals surface area contributed by atoms with Crippen LogP contribution >= 0.6 is 11.8 Å². The van der Waals surface area contributed by atoms with Gasteiger partial charge in [-0.1, -0.05) is 30.3 Å². The monoisotopic (exact) mass is 492 g/mol. The summed E-state index contributed by atoms with van der Waals surface area (Å²) in [7, 11) is 1.56. The Morgan fingerprint density at radius 2 is 1.71 bits per heavy atom. The molecule has 8 heteroatoms. The predicted octanol–water partition coefficient (Wildman–Crippen LogP) is 5.23. The first kappa shape index (κ1) is 25.8. The molecule has 0 heterocycles. The number of nitrogens with one attached hydrogen (secondary N) is 2. The molecule has 0 aliphatic heterocycles. The third-order valence-electron chi connectivity index (χ3n) is 5.12. The molecule has 0 saturated carbocycles. The van der Waals surface area contributed by atoms with Gasteiger partial charge in [-0.25, -0.2) is 4.79 Å². The molecule has 0 radical (unpaired) electrons. The van der Waals surface area contributed by atoms with Crippen molar-refractivity contribution in [1.82, 2.24) is 0 Å². The van der Waals surface area contributed by atoms with Crippen molar-refractivity contribution in [1.29, 1.82) is 0 Å². The standard InChI is InChI=1S/C27H28N2O5S/c1-17-12-13-18(2)23(14-17)29-26(31)19(3)34-27(32)22-10-5-6-11-24(22)35-16-25(30)28-20-8-7-9-21(15-20)33-4/h5-15,19H,16H2,1-4H3,(H,28,30)(H,29,31). The molecule has 3 aromatic rings. The van der Waals surface area contributed by atoms with Gasteiger partial charge in [-0.3, -0.25) is 9.59 Å². The van der Waals surface area contributed by atoms with Crippen molar-refractivity contribution in [3.05, 3.63) is 83.4 Å². The van der Waals surface area contributed by atoms with Gasteiger partial charge in [0.25, 0.3) is 5.91 Å². The smallest absolute Gasteiger partial charge is 0.340 e. The van der Waals surface area contributed by atoms with E-state index < -0.39 is 18.0 Å². The minimum Gasteiger partial charge on any atom is -0.497 e. The predicted molar refractivity (Wildman–Crippen MR) is 138 cm³/mol. The van der Waals surface area contributed by atoms with Crippen LogP contribution in [0.25, 0.3) is 0 Å². The van der Waals surface area contributed by atoms with Crippen molar-refractivity contribution in [2.75, 3.05) is 23.5 Å². The van der Waals surface area contributed by atoms with Gasteiger partial charge in [-0.2, -0.15) is 0 Å². The van der Waals surface area contributed by atoms with E-state index in [1.165, 1.54) is 18.7 Å². The quantitative estimate of drug-likeness (QED) is 0.314. The van der Waals surface area contributed by atoms with E-state index in [1.54, 1.807) is 55.6 Å². The Balaban J connectivity index is 1.60. The lowest BCUT2D eigenvalue weighted by Crippen LogP contribution is -2.30. The molecule has 2 amide bonds. The molecule has 7 nitrogen and oxygen atoms in total. The van der Waals surface area contributed by atoms with Crippen molar-refractivity contribution in [2.45, 2.75) is 31.8 Å². The zero-order valence-electron chi connectivity index (χ0n) is 20.1. The number of anilines is 2. The van der Waals surface area contributed by atoms with E-state index in [0.29, 0.717) is 22.0 Å². The number of carbonyl (C=O) groups is 3. The van der Waals surface area contributed by atoms with Crippen LogP contribution in [0.4, 0.5) is 11.4 Å². The summed E-state index contributed by atoms with van der Waals surface area (Å²) in [6.07, 6.45) is -1.00. The lowest BCUT2D eigenvalue weighted by atomic mass is 10.1. The second-order valence-corrected chi connectivity index (χ2v) is 8.94. The maximum atomic E-state index is 12.8. The largest absolute Gasteiger partial charge is 0.497 e. The molecule has 0 bridgehead atoms. The van der Waals surface area contributed by atoms with Gasteiger partial charge in [-0.15, -0.1) is 11.8 Å². The first-order valence-electron chi connectivity index (χ1n) is 11.0. The van der Waals surface area contributed by atoms with E-state index in [4.69, 9.17) is 9.47 Å². The van der Waals surface area contributed by atoms with E-state index in [0.717, 1.165) is 11.1 Å². The number of benzene rings is 3. The fourth-order valence-electron chi connectivity index (χ4n) is 3.18. The third-order valence-corrected chi connectivity index (χ3v) is 6.20. The van der Waals surface area contributed by atoms with E-state index in [2.05, 4.69) is 10.6 Å². The normalized spacial score (nSPS) is 11.3. The van der Waals surface area contributed by atoms with Crippen LogP contribution in [0.5, 0.6) is 5.75 Å². The summed E-state index contributed by atoms with van der Waals surface area (Å²) in [5.74, 6) is -0.559. The highest BCUT2D eigenvalue weighted by Gasteiger charge is 2.22. The number of thioether (sulfide) groups is 1. The molecule has 0 spiro atoms. The highest BCUT2D eigenvalue weighted by Crippen LogP contribution is 2.25. The molecule has 2 N–H and O–H groups in total. The van der Waals surface area contributed by atoms with Crippen LogP contribution in [0.15, 0.2) is 71.6 Å². The minimum absolute atomic E-state index is 0.0875. The van der Waals surface area contributed by atoms with Crippen molar-refractivity contribution in [2.24, 2.45) is 0 Å². The zero-order chi connectivity index (χ0) is 25.4. The fraction of sp³-hybridized carbons (Fsp3) is 0.222.